The molecule has 0 aliphatic carbocycles. The number of carboxylic acid groups (broad SMARTS) is 1. The first-order chi connectivity index (χ1) is 9.65. The molecule has 2 aromatic carbocycles. The summed E-state index contributed by atoms with van der Waals surface area (Å²) in [6.07, 6.45) is 0. The van der Waals surface area contributed by atoms with Crippen molar-refractivity contribution in [3.8, 4) is 11.5 Å². The number of hydrogen-bond donors (Lipinski definition) is 1. The van der Waals surface area contributed by atoms with Crippen molar-refractivity contribution in [1.29, 1.82) is 0 Å². The Morgan fingerprint density at radius 3 is 2.40 bits per heavy atom. The lowest BCUT2D eigenvalue weighted by Crippen LogP contribution is -2.09. The Labute approximate surface area is 116 Å². The fraction of sp³-hybridized carbons (Fsp3) is 0.133. The molecule has 0 bridgehead atoms. The molecule has 1 aliphatic rings. The van der Waals surface area contributed by atoms with E-state index in [0.29, 0.717) is 0 Å². The number of aromatic carboxylic acids is 1. The van der Waals surface area contributed by atoms with Crippen LogP contribution in [0.3, 0.4) is 0 Å². The number of benzene rings is 2. The molecule has 0 atom stereocenters. The van der Waals surface area contributed by atoms with Crippen molar-refractivity contribution in [2.75, 3.05) is 18.7 Å². The maximum absolute atomic E-state index is 10.8. The molecule has 0 spiro atoms. The smallest absolute Gasteiger partial charge is 0.335 e. The Morgan fingerprint density at radius 1 is 1.05 bits per heavy atom. The standard InChI is InChI=1S/C15H13NO4/c1-16(11-4-2-10(3-5-11)15(17)18)12-6-7-13-14(8-12)20-9-19-13/h2-8H,9H2,1H3,(H,17,18). The molecule has 0 saturated carbocycles. The van der Waals surface area contributed by atoms with Crippen LogP contribution < -0.4 is 14.4 Å². The summed E-state index contributed by atoms with van der Waals surface area (Å²) in [5.41, 5.74) is 2.11. The van der Waals surface area contributed by atoms with Gasteiger partial charge in [0.2, 0.25) is 6.79 Å². The number of carboxylic acids is 1. The highest BCUT2D eigenvalue weighted by atomic mass is 16.7. The largest absolute Gasteiger partial charge is 0.478 e. The van der Waals surface area contributed by atoms with E-state index in [1.165, 1.54) is 0 Å². The van der Waals surface area contributed by atoms with Crippen molar-refractivity contribution in [3.63, 3.8) is 0 Å². The lowest BCUT2D eigenvalue weighted by Gasteiger charge is -2.19. The zero-order chi connectivity index (χ0) is 14.1. The van der Waals surface area contributed by atoms with Gasteiger partial charge in [-0.25, -0.2) is 4.79 Å². The van der Waals surface area contributed by atoms with E-state index >= 15 is 0 Å². The third-order valence-electron chi connectivity index (χ3n) is 3.25. The number of anilines is 2. The summed E-state index contributed by atoms with van der Waals surface area (Å²) in [5, 5.41) is 8.89. The van der Waals surface area contributed by atoms with Gasteiger partial charge in [-0.05, 0) is 36.4 Å². The van der Waals surface area contributed by atoms with Crippen molar-refractivity contribution < 1.29 is 19.4 Å². The van der Waals surface area contributed by atoms with Crippen LogP contribution in [0, 0.1) is 0 Å². The highest BCUT2D eigenvalue weighted by molar-refractivity contribution is 5.88. The van der Waals surface area contributed by atoms with Gasteiger partial charge in [-0.3, -0.25) is 0 Å². The van der Waals surface area contributed by atoms with Crippen LogP contribution in [-0.2, 0) is 0 Å². The quantitative estimate of drug-likeness (QED) is 0.930. The van der Waals surface area contributed by atoms with Crippen LogP contribution >= 0.6 is 0 Å². The number of hydrogen-bond acceptors (Lipinski definition) is 4. The number of rotatable bonds is 3. The molecular formula is C15H13NO4. The molecule has 3 rings (SSSR count). The number of carbonyl (C=O) groups is 1. The predicted molar refractivity (Wildman–Crippen MR) is 74.0 cm³/mol. The van der Waals surface area contributed by atoms with Crippen LogP contribution in [0.15, 0.2) is 42.5 Å². The van der Waals surface area contributed by atoms with Gasteiger partial charge in [-0.15, -0.1) is 0 Å². The zero-order valence-corrected chi connectivity index (χ0v) is 10.9. The van der Waals surface area contributed by atoms with Crippen molar-refractivity contribution >= 4 is 17.3 Å². The number of fused-ring (bicyclic) bond motifs is 1. The van der Waals surface area contributed by atoms with Crippen LogP contribution in [0.25, 0.3) is 0 Å². The van der Waals surface area contributed by atoms with Gasteiger partial charge in [-0.1, -0.05) is 0 Å². The predicted octanol–water partition coefficient (Wildman–Crippen LogP) is 2.88. The fourth-order valence-corrected chi connectivity index (χ4v) is 2.07. The minimum absolute atomic E-state index is 0.246. The third-order valence-corrected chi connectivity index (χ3v) is 3.25. The summed E-state index contributed by atoms with van der Waals surface area (Å²) in [4.78, 5) is 12.8. The second-order valence-corrected chi connectivity index (χ2v) is 4.45. The summed E-state index contributed by atoms with van der Waals surface area (Å²) in [6, 6.07) is 12.4. The van der Waals surface area contributed by atoms with Crippen LogP contribution in [0.4, 0.5) is 11.4 Å². The minimum Gasteiger partial charge on any atom is -0.478 e. The molecule has 0 unspecified atom stereocenters. The van der Waals surface area contributed by atoms with Gasteiger partial charge in [0.05, 0.1) is 5.56 Å². The van der Waals surface area contributed by atoms with E-state index in [0.717, 1.165) is 22.9 Å². The van der Waals surface area contributed by atoms with Gasteiger partial charge in [0.15, 0.2) is 11.5 Å². The first-order valence-electron chi connectivity index (χ1n) is 6.12. The monoisotopic (exact) mass is 271 g/mol. The second-order valence-electron chi connectivity index (χ2n) is 4.45. The molecule has 0 radical (unpaired) electrons. The van der Waals surface area contributed by atoms with E-state index in [2.05, 4.69) is 0 Å². The Bertz CT molecular complexity index is 651. The van der Waals surface area contributed by atoms with Gasteiger partial charge in [0.1, 0.15) is 0 Å². The van der Waals surface area contributed by atoms with E-state index in [1.54, 1.807) is 24.3 Å². The molecule has 1 heterocycles. The van der Waals surface area contributed by atoms with Crippen molar-refractivity contribution in [2.24, 2.45) is 0 Å². The Hall–Kier alpha value is -2.69. The average molecular weight is 271 g/mol. The molecule has 102 valence electrons. The summed E-state index contributed by atoms with van der Waals surface area (Å²) < 4.78 is 10.6. The Morgan fingerprint density at radius 2 is 1.70 bits per heavy atom. The fourth-order valence-electron chi connectivity index (χ4n) is 2.07. The molecule has 1 N–H and O–H groups in total. The normalized spacial score (nSPS) is 12.2. The van der Waals surface area contributed by atoms with E-state index in [1.807, 2.05) is 30.1 Å². The maximum atomic E-state index is 10.8. The third kappa shape index (κ3) is 2.14. The average Bonchev–Trinajstić information content (AvgIpc) is 2.94. The van der Waals surface area contributed by atoms with E-state index in [4.69, 9.17) is 14.6 Å². The van der Waals surface area contributed by atoms with Gasteiger partial charge >= 0.3 is 5.97 Å². The van der Waals surface area contributed by atoms with E-state index in [9.17, 15) is 4.79 Å². The molecule has 5 heteroatoms. The van der Waals surface area contributed by atoms with Crippen LogP contribution in [0.1, 0.15) is 10.4 Å². The van der Waals surface area contributed by atoms with Crippen LogP contribution in [0.2, 0.25) is 0 Å². The van der Waals surface area contributed by atoms with Gasteiger partial charge < -0.3 is 19.5 Å². The molecule has 20 heavy (non-hydrogen) atoms. The van der Waals surface area contributed by atoms with Crippen molar-refractivity contribution in [3.05, 3.63) is 48.0 Å². The minimum atomic E-state index is -0.928. The molecule has 0 amide bonds. The van der Waals surface area contributed by atoms with Crippen LogP contribution in [0.5, 0.6) is 11.5 Å². The Balaban J connectivity index is 1.88. The van der Waals surface area contributed by atoms with Crippen molar-refractivity contribution in [2.45, 2.75) is 0 Å². The first kappa shape index (κ1) is 12.3. The van der Waals surface area contributed by atoms with E-state index < -0.39 is 5.97 Å². The molecular weight excluding hydrogens is 258 g/mol. The SMILES string of the molecule is CN(c1ccc(C(=O)O)cc1)c1ccc2c(c1)OCO2. The second kappa shape index (κ2) is 4.77. The summed E-state index contributed by atoms with van der Waals surface area (Å²) in [6.45, 7) is 0.246. The molecule has 2 aromatic rings. The molecule has 5 nitrogen and oxygen atoms in total. The molecule has 0 saturated heterocycles. The maximum Gasteiger partial charge on any atom is 0.335 e. The van der Waals surface area contributed by atoms with Crippen molar-refractivity contribution in [1.82, 2.24) is 0 Å². The number of nitrogens with zero attached hydrogens (tertiary/aromatic N) is 1. The topological polar surface area (TPSA) is 59.0 Å². The first-order valence-corrected chi connectivity index (χ1v) is 6.12. The van der Waals surface area contributed by atoms with Gasteiger partial charge in [-0.2, -0.15) is 0 Å². The Kier molecular flexibility index (Phi) is 2.95. The summed E-state index contributed by atoms with van der Waals surface area (Å²) >= 11 is 0. The van der Waals surface area contributed by atoms with Crippen LogP contribution in [-0.4, -0.2) is 24.9 Å². The van der Waals surface area contributed by atoms with E-state index in [-0.39, 0.29) is 12.4 Å². The molecule has 0 fully saturated rings. The highest BCUT2D eigenvalue weighted by Crippen LogP contribution is 2.36. The summed E-state index contributed by atoms with van der Waals surface area (Å²) in [5.74, 6) is 0.530. The lowest BCUT2D eigenvalue weighted by atomic mass is 10.2. The highest BCUT2D eigenvalue weighted by Gasteiger charge is 2.15. The summed E-state index contributed by atoms with van der Waals surface area (Å²) in [7, 11) is 1.91. The molecule has 0 aromatic heterocycles. The number of ether oxygens (including phenoxy) is 2. The zero-order valence-electron chi connectivity index (χ0n) is 10.9. The van der Waals surface area contributed by atoms with Gasteiger partial charge in [0.25, 0.3) is 0 Å². The lowest BCUT2D eigenvalue weighted by molar-refractivity contribution is 0.0697. The van der Waals surface area contributed by atoms with Gasteiger partial charge in [0, 0.05) is 24.5 Å². The molecule has 1 aliphatic heterocycles.